The van der Waals surface area contributed by atoms with Crippen LogP contribution in [0.3, 0.4) is 0 Å². The zero-order chi connectivity index (χ0) is 27.1. The fraction of sp³-hybridized carbons (Fsp3) is 0.310. The van der Waals surface area contributed by atoms with Gasteiger partial charge < -0.3 is 10.2 Å². The Balaban J connectivity index is 1.42. The maximum Gasteiger partial charge on any atom is 0.257 e. The number of hydrogen-bond donors (Lipinski definition) is 1. The van der Waals surface area contributed by atoms with E-state index in [0.29, 0.717) is 48.9 Å². The van der Waals surface area contributed by atoms with Gasteiger partial charge in [-0.15, -0.1) is 0 Å². The van der Waals surface area contributed by atoms with Crippen molar-refractivity contribution in [1.82, 2.24) is 14.8 Å². The van der Waals surface area contributed by atoms with Crippen molar-refractivity contribution in [3.8, 4) is 0 Å². The number of nitrogens with zero attached hydrogens (tertiary/aromatic N) is 4. The van der Waals surface area contributed by atoms with Crippen molar-refractivity contribution in [2.45, 2.75) is 33.2 Å². The Morgan fingerprint density at radius 2 is 1.71 bits per heavy atom. The van der Waals surface area contributed by atoms with Crippen molar-refractivity contribution >= 4 is 46.5 Å². The molecule has 2 aromatic carbocycles. The Hall–Kier alpha value is -3.75. The number of nitrogens with one attached hydrogen (secondary N) is 1. The lowest BCUT2D eigenvalue weighted by atomic mass is 10.1. The van der Waals surface area contributed by atoms with Gasteiger partial charge in [-0.25, -0.2) is 4.98 Å². The summed E-state index contributed by atoms with van der Waals surface area (Å²) in [5, 5.41) is 3.56. The van der Waals surface area contributed by atoms with E-state index in [0.717, 1.165) is 17.1 Å². The van der Waals surface area contributed by atoms with E-state index in [1.807, 2.05) is 31.2 Å². The Morgan fingerprint density at radius 3 is 2.47 bits per heavy atom. The van der Waals surface area contributed by atoms with Crippen molar-refractivity contribution in [2.24, 2.45) is 0 Å². The molecule has 0 radical (unpaired) electrons. The predicted molar refractivity (Wildman–Crippen MR) is 150 cm³/mol. The summed E-state index contributed by atoms with van der Waals surface area (Å²) < 4.78 is 0. The molecule has 4 rings (SSSR count). The molecular formula is C29H32ClN5O3. The normalized spacial score (nSPS) is 12.4. The van der Waals surface area contributed by atoms with Crippen LogP contribution in [0, 0.1) is 0 Å². The molecule has 0 spiro atoms. The lowest BCUT2D eigenvalue weighted by molar-refractivity contribution is -0.133. The summed E-state index contributed by atoms with van der Waals surface area (Å²) in [6.45, 7) is 7.34. The van der Waals surface area contributed by atoms with Crippen molar-refractivity contribution in [3.63, 3.8) is 0 Å². The average Bonchev–Trinajstić information content (AvgIpc) is 3.06. The van der Waals surface area contributed by atoms with Crippen molar-refractivity contribution in [1.29, 1.82) is 0 Å². The highest BCUT2D eigenvalue weighted by atomic mass is 35.5. The van der Waals surface area contributed by atoms with Crippen LogP contribution in [0.4, 0.5) is 17.2 Å². The van der Waals surface area contributed by atoms with Crippen LogP contribution in [0.2, 0.25) is 5.02 Å². The number of likely N-dealkylation sites (N-methyl/N-ethyl adjacent to an activating group) is 2. The smallest absolute Gasteiger partial charge is 0.257 e. The SMILES string of the molecule is CCN(CCN(CC)C(=O)CCC(=O)N1c2ccccc2C(=O)Nc2cccnc21)Cc1ccccc1Cl. The van der Waals surface area contributed by atoms with Crippen molar-refractivity contribution < 1.29 is 14.4 Å². The van der Waals surface area contributed by atoms with Gasteiger partial charge in [-0.2, -0.15) is 0 Å². The van der Waals surface area contributed by atoms with Crippen LogP contribution in [0.1, 0.15) is 42.6 Å². The summed E-state index contributed by atoms with van der Waals surface area (Å²) >= 11 is 6.33. The zero-order valence-corrected chi connectivity index (χ0v) is 22.4. The summed E-state index contributed by atoms with van der Waals surface area (Å²) in [7, 11) is 0. The Bertz CT molecular complexity index is 1310. The summed E-state index contributed by atoms with van der Waals surface area (Å²) in [5.74, 6) is -0.357. The number of amides is 3. The van der Waals surface area contributed by atoms with E-state index in [9.17, 15) is 14.4 Å². The highest BCUT2D eigenvalue weighted by Gasteiger charge is 2.30. The van der Waals surface area contributed by atoms with E-state index >= 15 is 0 Å². The molecule has 0 fully saturated rings. The highest BCUT2D eigenvalue weighted by molar-refractivity contribution is 6.31. The maximum atomic E-state index is 13.5. The number of anilines is 3. The number of fused-ring (bicyclic) bond motifs is 2. The molecule has 198 valence electrons. The molecule has 0 bridgehead atoms. The second kappa shape index (κ2) is 12.7. The highest BCUT2D eigenvalue weighted by Crippen LogP contribution is 2.36. The molecule has 0 saturated heterocycles. The number of para-hydroxylation sites is 1. The summed E-state index contributed by atoms with van der Waals surface area (Å²) in [5.41, 5.74) is 2.32. The molecular weight excluding hydrogens is 502 g/mol. The first-order valence-corrected chi connectivity index (χ1v) is 13.2. The monoisotopic (exact) mass is 533 g/mol. The standard InChI is InChI=1S/C29H32ClN5O3/c1-3-33(20-21-10-5-7-12-23(21)30)18-19-34(4-2)26(36)15-16-27(37)35-25-14-8-6-11-22(25)29(38)32-24-13-9-17-31-28(24)35/h5-14,17H,3-4,15-16,18-20H2,1-2H3,(H,32,38). The molecule has 2 heterocycles. The Morgan fingerprint density at radius 1 is 0.947 bits per heavy atom. The molecule has 9 heteroatoms. The second-order valence-corrected chi connectivity index (χ2v) is 9.42. The zero-order valence-electron chi connectivity index (χ0n) is 21.7. The molecule has 0 saturated carbocycles. The predicted octanol–water partition coefficient (Wildman–Crippen LogP) is 5.12. The molecule has 0 aliphatic carbocycles. The number of aromatic nitrogens is 1. The minimum absolute atomic E-state index is 0.00894. The van der Waals surface area contributed by atoms with Crippen LogP contribution in [0.15, 0.2) is 66.9 Å². The maximum absolute atomic E-state index is 13.5. The van der Waals surface area contributed by atoms with Gasteiger partial charge in [-0.1, -0.05) is 48.9 Å². The molecule has 38 heavy (non-hydrogen) atoms. The number of hydrogen-bond acceptors (Lipinski definition) is 5. The number of pyridine rings is 1. The van der Waals surface area contributed by atoms with Crippen molar-refractivity contribution in [3.05, 3.63) is 83.0 Å². The molecule has 1 aliphatic heterocycles. The third kappa shape index (κ3) is 6.20. The fourth-order valence-electron chi connectivity index (χ4n) is 4.51. The van der Waals surface area contributed by atoms with Crippen LogP contribution >= 0.6 is 11.6 Å². The minimum Gasteiger partial charge on any atom is -0.342 e. The molecule has 0 unspecified atom stereocenters. The largest absolute Gasteiger partial charge is 0.342 e. The molecule has 0 atom stereocenters. The van der Waals surface area contributed by atoms with E-state index < -0.39 is 0 Å². The first-order valence-electron chi connectivity index (χ1n) is 12.8. The van der Waals surface area contributed by atoms with Gasteiger partial charge in [0.1, 0.15) is 0 Å². The lowest BCUT2D eigenvalue weighted by Crippen LogP contribution is -2.39. The molecule has 1 aromatic heterocycles. The van der Waals surface area contributed by atoms with E-state index in [1.54, 1.807) is 47.5 Å². The van der Waals surface area contributed by atoms with E-state index in [-0.39, 0.29) is 30.6 Å². The average molecular weight is 534 g/mol. The van der Waals surface area contributed by atoms with Gasteiger partial charge >= 0.3 is 0 Å². The first kappa shape index (κ1) is 27.3. The van der Waals surface area contributed by atoms with Crippen LogP contribution in [-0.2, 0) is 16.1 Å². The molecule has 8 nitrogen and oxygen atoms in total. The molecule has 1 N–H and O–H groups in total. The summed E-state index contributed by atoms with van der Waals surface area (Å²) in [6.07, 6.45) is 1.63. The molecule has 1 aliphatic rings. The van der Waals surface area contributed by atoms with Crippen molar-refractivity contribution in [2.75, 3.05) is 36.4 Å². The van der Waals surface area contributed by atoms with Crippen LogP contribution in [0.5, 0.6) is 0 Å². The Kier molecular flexibility index (Phi) is 9.10. The van der Waals surface area contributed by atoms with Gasteiger partial charge in [0.25, 0.3) is 5.91 Å². The van der Waals surface area contributed by atoms with Crippen LogP contribution < -0.4 is 10.2 Å². The number of rotatable bonds is 10. The summed E-state index contributed by atoms with van der Waals surface area (Å²) in [6, 6.07) is 18.1. The minimum atomic E-state index is -0.310. The van der Waals surface area contributed by atoms with Crippen LogP contribution in [-0.4, -0.2) is 58.7 Å². The third-order valence-electron chi connectivity index (χ3n) is 6.66. The number of carbonyl (C=O) groups excluding carboxylic acids is 3. The van der Waals surface area contributed by atoms with E-state index in [4.69, 9.17) is 11.6 Å². The lowest BCUT2D eigenvalue weighted by Gasteiger charge is -2.27. The molecule has 3 aromatic rings. The number of carbonyl (C=O) groups is 3. The van der Waals surface area contributed by atoms with Crippen LogP contribution in [0.25, 0.3) is 0 Å². The number of halogens is 1. The Labute approximate surface area is 228 Å². The summed E-state index contributed by atoms with van der Waals surface area (Å²) in [4.78, 5) is 49.2. The third-order valence-corrected chi connectivity index (χ3v) is 7.03. The second-order valence-electron chi connectivity index (χ2n) is 9.01. The van der Waals surface area contributed by atoms with Gasteiger partial charge in [0.05, 0.1) is 16.9 Å². The topological polar surface area (TPSA) is 85.9 Å². The van der Waals surface area contributed by atoms with Gasteiger partial charge in [-0.05, 0) is 49.4 Å². The van der Waals surface area contributed by atoms with Gasteiger partial charge in [-0.3, -0.25) is 24.2 Å². The quantitative estimate of drug-likeness (QED) is 0.391. The van der Waals surface area contributed by atoms with E-state index in [1.165, 1.54) is 4.90 Å². The fourth-order valence-corrected chi connectivity index (χ4v) is 4.71. The van der Waals surface area contributed by atoms with Gasteiger partial charge in [0.15, 0.2) is 5.82 Å². The molecule has 3 amide bonds. The van der Waals surface area contributed by atoms with Gasteiger partial charge in [0, 0.05) is 50.2 Å². The van der Waals surface area contributed by atoms with E-state index in [2.05, 4.69) is 22.1 Å². The first-order chi connectivity index (χ1) is 18.4. The van der Waals surface area contributed by atoms with Gasteiger partial charge in [0.2, 0.25) is 11.8 Å². The number of benzene rings is 2.